The average Bonchev–Trinajstić information content (AvgIpc) is 3.37. The second kappa shape index (κ2) is 7.74. The lowest BCUT2D eigenvalue weighted by molar-refractivity contribution is 0.413. The van der Waals surface area contributed by atoms with Gasteiger partial charge >= 0.3 is 0 Å². The Morgan fingerprint density at radius 1 is 1.04 bits per heavy atom. The molecule has 6 nitrogen and oxygen atoms in total. The van der Waals surface area contributed by atoms with Crippen molar-refractivity contribution in [2.24, 2.45) is 0 Å². The smallest absolute Gasteiger partial charge is 0.187 e. The van der Waals surface area contributed by atoms with Gasteiger partial charge in [-0.1, -0.05) is 0 Å². The van der Waals surface area contributed by atoms with Crippen LogP contribution in [-0.2, 0) is 0 Å². The van der Waals surface area contributed by atoms with E-state index in [2.05, 4.69) is 15.3 Å². The van der Waals surface area contributed by atoms with Crippen LogP contribution in [0.1, 0.15) is 5.69 Å². The molecule has 7 heteroatoms. The molecule has 1 N–H and O–H groups in total. The first-order valence-electron chi connectivity index (χ1n) is 8.72. The van der Waals surface area contributed by atoms with Gasteiger partial charge in [0.15, 0.2) is 5.13 Å². The van der Waals surface area contributed by atoms with Crippen molar-refractivity contribution < 1.29 is 9.47 Å². The van der Waals surface area contributed by atoms with Gasteiger partial charge in [-0.3, -0.25) is 0 Å². The molecule has 0 radical (unpaired) electrons. The molecule has 0 saturated carbocycles. The van der Waals surface area contributed by atoms with E-state index in [1.54, 1.807) is 31.9 Å². The van der Waals surface area contributed by atoms with Crippen LogP contribution >= 0.6 is 11.3 Å². The molecule has 0 spiro atoms. The van der Waals surface area contributed by atoms with Gasteiger partial charge in [0.05, 0.1) is 37.6 Å². The maximum Gasteiger partial charge on any atom is 0.187 e. The first-order valence-corrected chi connectivity index (χ1v) is 9.60. The van der Waals surface area contributed by atoms with Crippen LogP contribution in [0, 0.1) is 6.92 Å². The van der Waals surface area contributed by atoms with Gasteiger partial charge < -0.3 is 19.4 Å². The Morgan fingerprint density at radius 3 is 2.54 bits per heavy atom. The predicted octanol–water partition coefficient (Wildman–Crippen LogP) is 5.07. The highest BCUT2D eigenvalue weighted by Crippen LogP contribution is 2.31. The standard InChI is InChI=1S/C21H20N4O2S/c1-14-11-25(13-22-14)19-9-6-16(10-20(19)27-3)23-21-24-18(12-28-21)15-4-7-17(26-2)8-5-15/h4-13H,1-3H3,(H,23,24). The van der Waals surface area contributed by atoms with Crippen LogP contribution < -0.4 is 14.8 Å². The summed E-state index contributed by atoms with van der Waals surface area (Å²) in [6, 6.07) is 13.8. The predicted molar refractivity (Wildman–Crippen MR) is 112 cm³/mol. The molecular weight excluding hydrogens is 372 g/mol. The van der Waals surface area contributed by atoms with Crippen LogP contribution in [0.2, 0.25) is 0 Å². The lowest BCUT2D eigenvalue weighted by Gasteiger charge is -2.11. The number of imidazole rings is 1. The number of anilines is 2. The first kappa shape index (κ1) is 18.1. The zero-order chi connectivity index (χ0) is 19.5. The van der Waals surface area contributed by atoms with E-state index < -0.39 is 0 Å². The van der Waals surface area contributed by atoms with Crippen LogP contribution in [0.4, 0.5) is 10.8 Å². The quantitative estimate of drug-likeness (QED) is 0.497. The molecule has 0 aliphatic heterocycles. The Hall–Kier alpha value is -3.32. The maximum absolute atomic E-state index is 5.57. The molecule has 0 atom stereocenters. The number of hydrogen-bond acceptors (Lipinski definition) is 6. The van der Waals surface area contributed by atoms with Crippen molar-refractivity contribution >= 4 is 22.2 Å². The molecule has 4 aromatic rings. The summed E-state index contributed by atoms with van der Waals surface area (Å²) in [5.74, 6) is 1.59. The lowest BCUT2D eigenvalue weighted by Crippen LogP contribution is -1.97. The minimum atomic E-state index is 0.759. The van der Waals surface area contributed by atoms with Gasteiger partial charge in [-0.25, -0.2) is 9.97 Å². The van der Waals surface area contributed by atoms with Gasteiger partial charge in [-0.2, -0.15) is 0 Å². The molecule has 142 valence electrons. The molecular formula is C21H20N4O2S. The Kier molecular flexibility index (Phi) is 4.99. The third-order valence-electron chi connectivity index (χ3n) is 4.31. The molecule has 0 saturated heterocycles. The number of nitrogens with one attached hydrogen (secondary N) is 1. The number of rotatable bonds is 6. The SMILES string of the molecule is COc1ccc(-c2csc(Nc3ccc(-n4cnc(C)c4)c(OC)c3)n2)cc1. The largest absolute Gasteiger partial charge is 0.497 e. The van der Waals surface area contributed by atoms with E-state index in [4.69, 9.17) is 9.47 Å². The monoisotopic (exact) mass is 392 g/mol. The van der Waals surface area contributed by atoms with Gasteiger partial charge in [0.25, 0.3) is 0 Å². The summed E-state index contributed by atoms with van der Waals surface area (Å²) in [6.45, 7) is 1.96. The number of aromatic nitrogens is 3. The van der Waals surface area contributed by atoms with Crippen LogP contribution in [0.15, 0.2) is 60.4 Å². The second-order valence-corrected chi connectivity index (χ2v) is 7.06. The van der Waals surface area contributed by atoms with Crippen LogP contribution in [0.3, 0.4) is 0 Å². The molecule has 0 bridgehead atoms. The number of aryl methyl sites for hydroxylation is 1. The number of methoxy groups -OCH3 is 2. The highest BCUT2D eigenvalue weighted by Gasteiger charge is 2.09. The van der Waals surface area contributed by atoms with Gasteiger partial charge in [0.2, 0.25) is 0 Å². The lowest BCUT2D eigenvalue weighted by atomic mass is 10.2. The topological polar surface area (TPSA) is 61.2 Å². The summed E-state index contributed by atoms with van der Waals surface area (Å²) in [6.07, 6.45) is 3.75. The summed E-state index contributed by atoms with van der Waals surface area (Å²) in [4.78, 5) is 8.96. The summed E-state index contributed by atoms with van der Waals surface area (Å²) in [5, 5.41) is 6.20. The summed E-state index contributed by atoms with van der Waals surface area (Å²) in [7, 11) is 3.32. The number of benzene rings is 2. The molecule has 2 heterocycles. The Labute approximate surface area is 167 Å². The van der Waals surface area contributed by atoms with E-state index in [0.29, 0.717) is 0 Å². The highest BCUT2D eigenvalue weighted by atomic mass is 32.1. The van der Waals surface area contributed by atoms with Crippen molar-refractivity contribution in [3.8, 4) is 28.4 Å². The zero-order valence-electron chi connectivity index (χ0n) is 15.8. The van der Waals surface area contributed by atoms with Crippen LogP contribution in [-0.4, -0.2) is 28.8 Å². The molecule has 28 heavy (non-hydrogen) atoms. The molecule has 0 aliphatic rings. The van der Waals surface area contributed by atoms with E-state index in [9.17, 15) is 0 Å². The fraction of sp³-hybridized carbons (Fsp3) is 0.143. The molecule has 4 rings (SSSR count). The normalized spacial score (nSPS) is 10.7. The van der Waals surface area contributed by atoms with Gasteiger partial charge in [-0.15, -0.1) is 11.3 Å². The van der Waals surface area contributed by atoms with Crippen LogP contribution in [0.5, 0.6) is 11.5 Å². The fourth-order valence-corrected chi connectivity index (χ4v) is 3.61. The zero-order valence-corrected chi connectivity index (χ0v) is 16.7. The Bertz CT molecular complexity index is 1090. The summed E-state index contributed by atoms with van der Waals surface area (Å²) in [5.41, 5.74) is 4.78. The summed E-state index contributed by atoms with van der Waals surface area (Å²) >= 11 is 1.56. The number of ether oxygens (including phenoxy) is 2. The van der Waals surface area contributed by atoms with Crippen LogP contribution in [0.25, 0.3) is 16.9 Å². The van der Waals surface area contributed by atoms with Crippen molar-refractivity contribution in [3.05, 3.63) is 66.1 Å². The first-order chi connectivity index (χ1) is 13.7. The van der Waals surface area contributed by atoms with Crippen molar-refractivity contribution in [1.29, 1.82) is 0 Å². The van der Waals surface area contributed by atoms with E-state index in [0.717, 1.165) is 45.0 Å². The summed E-state index contributed by atoms with van der Waals surface area (Å²) < 4.78 is 12.7. The van der Waals surface area contributed by atoms with Gasteiger partial charge in [-0.05, 0) is 43.3 Å². The molecule has 0 aliphatic carbocycles. The minimum Gasteiger partial charge on any atom is -0.497 e. The van der Waals surface area contributed by atoms with E-state index in [-0.39, 0.29) is 0 Å². The average molecular weight is 392 g/mol. The number of nitrogens with zero attached hydrogens (tertiary/aromatic N) is 3. The molecule has 0 unspecified atom stereocenters. The van der Waals surface area contributed by atoms with E-state index >= 15 is 0 Å². The Balaban J connectivity index is 1.55. The number of hydrogen-bond donors (Lipinski definition) is 1. The minimum absolute atomic E-state index is 0.759. The molecule has 0 amide bonds. The Morgan fingerprint density at radius 2 is 1.86 bits per heavy atom. The van der Waals surface area contributed by atoms with Gasteiger partial charge in [0, 0.05) is 28.9 Å². The maximum atomic E-state index is 5.57. The molecule has 2 aromatic carbocycles. The molecule has 2 aromatic heterocycles. The fourth-order valence-electron chi connectivity index (χ4n) is 2.87. The van der Waals surface area contributed by atoms with Crippen molar-refractivity contribution in [3.63, 3.8) is 0 Å². The van der Waals surface area contributed by atoms with Crippen molar-refractivity contribution in [2.45, 2.75) is 6.92 Å². The van der Waals surface area contributed by atoms with E-state index in [1.165, 1.54) is 0 Å². The number of thiazole rings is 1. The molecule has 0 fully saturated rings. The van der Waals surface area contributed by atoms with Crippen molar-refractivity contribution in [1.82, 2.24) is 14.5 Å². The van der Waals surface area contributed by atoms with Gasteiger partial charge in [0.1, 0.15) is 11.5 Å². The third-order valence-corrected chi connectivity index (χ3v) is 5.07. The third kappa shape index (κ3) is 3.70. The highest BCUT2D eigenvalue weighted by molar-refractivity contribution is 7.14. The second-order valence-electron chi connectivity index (χ2n) is 6.20. The van der Waals surface area contributed by atoms with E-state index in [1.807, 2.05) is 65.5 Å². The van der Waals surface area contributed by atoms with Crippen molar-refractivity contribution in [2.75, 3.05) is 19.5 Å².